The predicted molar refractivity (Wildman–Crippen MR) is 100 cm³/mol. The molecule has 0 aliphatic rings. The van der Waals surface area contributed by atoms with Crippen molar-refractivity contribution in [3.63, 3.8) is 0 Å². The van der Waals surface area contributed by atoms with Crippen LogP contribution in [-0.4, -0.2) is 33.9 Å². The smallest absolute Gasteiger partial charge is 0.350 e. The second-order valence-corrected chi connectivity index (χ2v) is 6.76. The van der Waals surface area contributed by atoms with Crippen molar-refractivity contribution in [3.8, 4) is 10.6 Å². The molecule has 0 bridgehead atoms. The van der Waals surface area contributed by atoms with Crippen LogP contribution in [0.25, 0.3) is 10.6 Å². The van der Waals surface area contributed by atoms with Gasteiger partial charge in [0.05, 0.1) is 5.69 Å². The molecule has 7 nitrogen and oxygen atoms in total. The van der Waals surface area contributed by atoms with E-state index in [1.807, 2.05) is 30.3 Å². The van der Waals surface area contributed by atoms with Crippen LogP contribution in [0.1, 0.15) is 25.9 Å². The number of ether oxygens (including phenoxy) is 1. The van der Waals surface area contributed by atoms with Gasteiger partial charge in [0, 0.05) is 18.8 Å². The topological polar surface area (TPSA) is 90.3 Å². The van der Waals surface area contributed by atoms with Crippen molar-refractivity contribution < 1.29 is 19.1 Å². The van der Waals surface area contributed by atoms with Gasteiger partial charge in [-0.15, -0.1) is 11.3 Å². The number of esters is 1. The Kier molecular flexibility index (Phi) is 5.46. The van der Waals surface area contributed by atoms with Gasteiger partial charge in [0.1, 0.15) is 15.6 Å². The van der Waals surface area contributed by atoms with Crippen LogP contribution in [0, 0.1) is 6.92 Å². The third-order valence-electron chi connectivity index (χ3n) is 3.77. The maximum atomic E-state index is 12.3. The Morgan fingerprint density at radius 3 is 2.56 bits per heavy atom. The van der Waals surface area contributed by atoms with Crippen LogP contribution in [0.5, 0.6) is 0 Å². The average molecular weight is 383 g/mol. The first-order valence-corrected chi connectivity index (χ1v) is 8.93. The largest absolute Gasteiger partial charge is 0.451 e. The van der Waals surface area contributed by atoms with Crippen LogP contribution in [0.4, 0.5) is 0 Å². The fourth-order valence-corrected chi connectivity index (χ4v) is 3.38. The van der Waals surface area contributed by atoms with Gasteiger partial charge in [0.15, 0.2) is 6.61 Å². The summed E-state index contributed by atoms with van der Waals surface area (Å²) in [6.07, 6.45) is 1.69. The number of aromatic nitrogens is 2. The number of hydrogen-bond donors (Lipinski definition) is 1. The summed E-state index contributed by atoms with van der Waals surface area (Å²) in [5.74, 6) is -1.89. The summed E-state index contributed by atoms with van der Waals surface area (Å²) in [5.41, 5.74) is 1.76. The number of rotatable bonds is 5. The molecule has 1 aromatic carbocycles. The monoisotopic (exact) mass is 383 g/mol. The first-order valence-electron chi connectivity index (χ1n) is 8.11. The van der Waals surface area contributed by atoms with E-state index in [4.69, 9.17) is 4.74 Å². The van der Waals surface area contributed by atoms with E-state index in [1.54, 1.807) is 36.9 Å². The molecule has 2 aromatic heterocycles. The molecule has 0 spiro atoms. The van der Waals surface area contributed by atoms with Crippen molar-refractivity contribution in [1.82, 2.24) is 14.9 Å². The Morgan fingerprint density at radius 1 is 1.15 bits per heavy atom. The van der Waals surface area contributed by atoms with Gasteiger partial charge in [-0.25, -0.2) is 9.78 Å². The lowest BCUT2D eigenvalue weighted by atomic mass is 10.2. The highest BCUT2D eigenvalue weighted by atomic mass is 32.1. The highest BCUT2D eigenvalue weighted by Crippen LogP contribution is 2.28. The van der Waals surface area contributed by atoms with Crippen molar-refractivity contribution in [3.05, 3.63) is 64.9 Å². The molecule has 0 saturated carbocycles. The molecule has 3 rings (SSSR count). The average Bonchev–Trinajstić information content (AvgIpc) is 3.26. The van der Waals surface area contributed by atoms with E-state index in [9.17, 15) is 14.4 Å². The molecular formula is C19H17N3O4S. The third kappa shape index (κ3) is 4.29. The SMILES string of the molecule is Cc1nc(-c2ccccc2)sc1C(=O)OCC(=O)NC(=O)c1cccn1C. The van der Waals surface area contributed by atoms with Gasteiger partial charge in [-0.05, 0) is 19.1 Å². The predicted octanol–water partition coefficient (Wildman–Crippen LogP) is 2.57. The van der Waals surface area contributed by atoms with Gasteiger partial charge < -0.3 is 9.30 Å². The number of carbonyl (C=O) groups is 3. The van der Waals surface area contributed by atoms with E-state index in [2.05, 4.69) is 10.3 Å². The van der Waals surface area contributed by atoms with E-state index >= 15 is 0 Å². The first-order chi connectivity index (χ1) is 13.0. The second kappa shape index (κ2) is 7.96. The Morgan fingerprint density at radius 2 is 1.89 bits per heavy atom. The Balaban J connectivity index is 1.59. The molecule has 2 amide bonds. The lowest BCUT2D eigenvalue weighted by molar-refractivity contribution is -0.123. The summed E-state index contributed by atoms with van der Waals surface area (Å²) < 4.78 is 6.61. The van der Waals surface area contributed by atoms with Crippen LogP contribution >= 0.6 is 11.3 Å². The molecule has 1 N–H and O–H groups in total. The van der Waals surface area contributed by atoms with E-state index < -0.39 is 24.4 Å². The van der Waals surface area contributed by atoms with Gasteiger partial charge >= 0.3 is 5.97 Å². The van der Waals surface area contributed by atoms with Gasteiger partial charge in [-0.1, -0.05) is 30.3 Å². The molecule has 0 aliphatic carbocycles. The zero-order valence-corrected chi connectivity index (χ0v) is 15.6. The van der Waals surface area contributed by atoms with Crippen molar-refractivity contribution in [2.45, 2.75) is 6.92 Å². The lowest BCUT2D eigenvalue weighted by Crippen LogP contribution is -2.35. The summed E-state index contributed by atoms with van der Waals surface area (Å²) in [6.45, 7) is 1.16. The number of nitrogens with one attached hydrogen (secondary N) is 1. The maximum absolute atomic E-state index is 12.3. The van der Waals surface area contributed by atoms with E-state index in [-0.39, 0.29) is 0 Å². The minimum absolute atomic E-state index is 0.329. The number of carbonyl (C=O) groups excluding carboxylic acids is 3. The molecule has 27 heavy (non-hydrogen) atoms. The van der Waals surface area contributed by atoms with Gasteiger partial charge in [-0.3, -0.25) is 14.9 Å². The molecule has 0 saturated heterocycles. The molecule has 0 fully saturated rings. The van der Waals surface area contributed by atoms with Gasteiger partial charge in [-0.2, -0.15) is 0 Å². The van der Waals surface area contributed by atoms with Crippen LogP contribution in [0.2, 0.25) is 0 Å². The number of aryl methyl sites for hydroxylation is 2. The van der Waals surface area contributed by atoms with E-state index in [1.165, 1.54) is 11.3 Å². The summed E-state index contributed by atoms with van der Waals surface area (Å²) in [5, 5.41) is 2.89. The molecular weight excluding hydrogens is 366 g/mol. The Bertz CT molecular complexity index is 992. The van der Waals surface area contributed by atoms with E-state index in [0.29, 0.717) is 21.3 Å². The van der Waals surface area contributed by atoms with Crippen LogP contribution < -0.4 is 5.32 Å². The lowest BCUT2D eigenvalue weighted by Gasteiger charge is -2.06. The molecule has 0 radical (unpaired) electrons. The summed E-state index contributed by atoms with van der Waals surface area (Å²) in [7, 11) is 1.69. The molecule has 138 valence electrons. The maximum Gasteiger partial charge on any atom is 0.350 e. The number of hydrogen-bond acceptors (Lipinski definition) is 6. The summed E-state index contributed by atoms with van der Waals surface area (Å²) >= 11 is 1.20. The van der Waals surface area contributed by atoms with Crippen LogP contribution in [0.3, 0.4) is 0 Å². The van der Waals surface area contributed by atoms with Crippen LogP contribution in [0.15, 0.2) is 48.7 Å². The molecule has 3 aromatic rings. The van der Waals surface area contributed by atoms with Crippen molar-refractivity contribution >= 4 is 29.1 Å². The number of thiazole rings is 1. The minimum atomic E-state index is -0.694. The molecule has 8 heteroatoms. The number of amides is 2. The number of imide groups is 1. The normalized spacial score (nSPS) is 10.4. The number of benzene rings is 1. The summed E-state index contributed by atoms with van der Waals surface area (Å²) in [4.78, 5) is 40.8. The number of nitrogens with zero attached hydrogens (tertiary/aromatic N) is 2. The first kappa shape index (κ1) is 18.5. The fourth-order valence-electron chi connectivity index (χ4n) is 2.41. The molecule has 0 atom stereocenters. The third-order valence-corrected chi connectivity index (χ3v) is 4.95. The van der Waals surface area contributed by atoms with Gasteiger partial charge in [0.2, 0.25) is 0 Å². The second-order valence-electron chi connectivity index (χ2n) is 5.76. The highest BCUT2D eigenvalue weighted by Gasteiger charge is 2.20. The van der Waals surface area contributed by atoms with Crippen LogP contribution in [-0.2, 0) is 16.6 Å². The molecule has 2 heterocycles. The fraction of sp³-hybridized carbons (Fsp3) is 0.158. The highest BCUT2D eigenvalue weighted by molar-refractivity contribution is 7.17. The Labute approximate surface area is 159 Å². The van der Waals surface area contributed by atoms with Gasteiger partial charge in [0.25, 0.3) is 11.8 Å². The Hall–Kier alpha value is -3.26. The zero-order valence-electron chi connectivity index (χ0n) is 14.8. The van der Waals surface area contributed by atoms with Crippen molar-refractivity contribution in [2.24, 2.45) is 7.05 Å². The molecule has 0 aliphatic heterocycles. The summed E-state index contributed by atoms with van der Waals surface area (Å²) in [6, 6.07) is 12.7. The minimum Gasteiger partial charge on any atom is -0.451 e. The van der Waals surface area contributed by atoms with Crippen molar-refractivity contribution in [2.75, 3.05) is 6.61 Å². The van der Waals surface area contributed by atoms with Crippen molar-refractivity contribution in [1.29, 1.82) is 0 Å². The van der Waals surface area contributed by atoms with E-state index in [0.717, 1.165) is 5.56 Å². The standard InChI is InChI=1S/C19H17N3O4S/c1-12-16(27-18(20-12)13-7-4-3-5-8-13)19(25)26-11-15(23)21-17(24)14-9-6-10-22(14)2/h3-10H,11H2,1-2H3,(H,21,23,24). The zero-order chi connectivity index (χ0) is 19.4. The quantitative estimate of drug-likeness (QED) is 0.684. The molecule has 0 unspecified atom stereocenters.